The summed E-state index contributed by atoms with van der Waals surface area (Å²) >= 11 is 1.66. The van der Waals surface area contributed by atoms with E-state index < -0.39 is 0 Å². The zero-order valence-electron chi connectivity index (χ0n) is 13.5. The van der Waals surface area contributed by atoms with Crippen LogP contribution in [0.2, 0.25) is 0 Å². The average Bonchev–Trinajstić information content (AvgIpc) is 2.96. The van der Waals surface area contributed by atoms with E-state index in [1.165, 1.54) is 0 Å². The fourth-order valence-corrected chi connectivity index (χ4v) is 3.39. The maximum absolute atomic E-state index is 5.90. The predicted octanol–water partition coefficient (Wildman–Crippen LogP) is 3.09. The van der Waals surface area contributed by atoms with Crippen LogP contribution in [0.5, 0.6) is 0 Å². The summed E-state index contributed by atoms with van der Waals surface area (Å²) in [4.78, 5) is 8.01. The Kier molecular flexibility index (Phi) is 3.48. The summed E-state index contributed by atoms with van der Waals surface area (Å²) < 4.78 is 7.81. The standard InChI is InChI=1S/C15H24N4OS/c1-6-15(5)10-18(7-8-20-15)13-17-19-9-11(14(2,3)4)16-12(19)21-13/h9H,6-8,10H2,1-5H3. The molecule has 1 atom stereocenters. The van der Waals surface area contributed by atoms with Crippen LogP contribution in [0.1, 0.15) is 46.7 Å². The maximum Gasteiger partial charge on any atom is 0.214 e. The fourth-order valence-electron chi connectivity index (χ4n) is 2.49. The van der Waals surface area contributed by atoms with Crippen molar-refractivity contribution < 1.29 is 4.74 Å². The van der Waals surface area contributed by atoms with Gasteiger partial charge in [-0.2, -0.15) is 0 Å². The number of nitrogens with zero attached hydrogens (tertiary/aromatic N) is 4. The molecular formula is C15H24N4OS. The number of morpholine rings is 1. The van der Waals surface area contributed by atoms with E-state index in [0.717, 1.165) is 41.9 Å². The van der Waals surface area contributed by atoms with Crippen molar-refractivity contribution in [2.45, 2.75) is 52.1 Å². The van der Waals surface area contributed by atoms with Gasteiger partial charge in [-0.15, -0.1) is 5.10 Å². The molecule has 0 aliphatic carbocycles. The number of hydrogen-bond acceptors (Lipinski definition) is 5. The molecule has 0 N–H and O–H groups in total. The molecule has 0 amide bonds. The quantitative estimate of drug-likeness (QED) is 0.855. The molecule has 0 radical (unpaired) electrons. The van der Waals surface area contributed by atoms with Crippen molar-refractivity contribution in [3.05, 3.63) is 11.9 Å². The number of fused-ring (bicyclic) bond motifs is 1. The molecule has 0 spiro atoms. The van der Waals surface area contributed by atoms with Crippen LogP contribution in [0.15, 0.2) is 6.20 Å². The molecule has 116 valence electrons. The van der Waals surface area contributed by atoms with E-state index in [4.69, 9.17) is 14.8 Å². The number of imidazole rings is 1. The molecule has 5 nitrogen and oxygen atoms in total. The van der Waals surface area contributed by atoms with Gasteiger partial charge in [0, 0.05) is 18.5 Å². The van der Waals surface area contributed by atoms with Gasteiger partial charge in [0.2, 0.25) is 10.1 Å². The van der Waals surface area contributed by atoms with Gasteiger partial charge in [-0.3, -0.25) is 0 Å². The van der Waals surface area contributed by atoms with Gasteiger partial charge < -0.3 is 9.64 Å². The van der Waals surface area contributed by atoms with Gasteiger partial charge in [0.05, 0.1) is 24.1 Å². The van der Waals surface area contributed by atoms with Crippen LogP contribution in [0, 0.1) is 0 Å². The zero-order valence-corrected chi connectivity index (χ0v) is 14.3. The molecular weight excluding hydrogens is 284 g/mol. The molecule has 2 aromatic heterocycles. The van der Waals surface area contributed by atoms with Gasteiger partial charge in [0.25, 0.3) is 0 Å². The average molecular weight is 308 g/mol. The van der Waals surface area contributed by atoms with E-state index in [1.54, 1.807) is 11.3 Å². The number of rotatable bonds is 2. The Bertz CT molecular complexity index is 610. The second-order valence-corrected chi connectivity index (χ2v) is 8.00. The van der Waals surface area contributed by atoms with Crippen LogP contribution < -0.4 is 4.90 Å². The highest BCUT2D eigenvalue weighted by Gasteiger charge is 2.32. The van der Waals surface area contributed by atoms with Crippen molar-refractivity contribution in [1.29, 1.82) is 0 Å². The van der Waals surface area contributed by atoms with Gasteiger partial charge in [0.1, 0.15) is 0 Å². The van der Waals surface area contributed by atoms with Crippen molar-refractivity contribution in [1.82, 2.24) is 14.6 Å². The van der Waals surface area contributed by atoms with Crippen LogP contribution >= 0.6 is 11.3 Å². The van der Waals surface area contributed by atoms with E-state index in [2.05, 4.69) is 45.7 Å². The molecule has 21 heavy (non-hydrogen) atoms. The Labute approximate surface area is 129 Å². The zero-order chi connectivity index (χ0) is 15.3. The lowest BCUT2D eigenvalue weighted by molar-refractivity contribution is -0.0441. The molecule has 2 aromatic rings. The normalized spacial score (nSPS) is 24.0. The van der Waals surface area contributed by atoms with Gasteiger partial charge >= 0.3 is 0 Å². The Hall–Kier alpha value is -1.14. The Morgan fingerprint density at radius 3 is 2.81 bits per heavy atom. The second-order valence-electron chi connectivity index (χ2n) is 7.06. The van der Waals surface area contributed by atoms with E-state index in [1.807, 2.05) is 4.52 Å². The van der Waals surface area contributed by atoms with Crippen molar-refractivity contribution >= 4 is 21.4 Å². The third-order valence-corrected chi connectivity index (χ3v) is 5.14. The van der Waals surface area contributed by atoms with Gasteiger partial charge in [-0.05, 0) is 13.3 Å². The van der Waals surface area contributed by atoms with Crippen molar-refractivity contribution in [2.75, 3.05) is 24.6 Å². The highest BCUT2D eigenvalue weighted by Crippen LogP contribution is 2.30. The third kappa shape index (κ3) is 2.79. The largest absolute Gasteiger partial charge is 0.372 e. The van der Waals surface area contributed by atoms with Gasteiger partial charge in [-0.25, -0.2) is 9.50 Å². The smallest absolute Gasteiger partial charge is 0.214 e. The monoisotopic (exact) mass is 308 g/mol. The summed E-state index contributed by atoms with van der Waals surface area (Å²) in [6.07, 6.45) is 3.06. The number of anilines is 1. The summed E-state index contributed by atoms with van der Waals surface area (Å²) in [5.41, 5.74) is 1.09. The van der Waals surface area contributed by atoms with Crippen molar-refractivity contribution in [3.63, 3.8) is 0 Å². The minimum Gasteiger partial charge on any atom is -0.372 e. The van der Waals surface area contributed by atoms with E-state index in [9.17, 15) is 0 Å². The molecule has 0 saturated carbocycles. The summed E-state index contributed by atoms with van der Waals surface area (Å²) in [5, 5.41) is 5.76. The lowest BCUT2D eigenvalue weighted by Gasteiger charge is -2.39. The topological polar surface area (TPSA) is 42.7 Å². The van der Waals surface area contributed by atoms with Crippen molar-refractivity contribution in [2.24, 2.45) is 0 Å². The molecule has 3 rings (SSSR count). The highest BCUT2D eigenvalue weighted by molar-refractivity contribution is 7.20. The first kappa shape index (κ1) is 14.8. The first-order chi connectivity index (χ1) is 9.81. The minimum absolute atomic E-state index is 0.0628. The summed E-state index contributed by atoms with van der Waals surface area (Å²) in [6.45, 7) is 13.4. The molecule has 0 aromatic carbocycles. The molecule has 1 unspecified atom stereocenters. The SMILES string of the molecule is CCC1(C)CN(c2nn3cc(C(C)(C)C)nc3s2)CCO1. The molecule has 3 heterocycles. The van der Waals surface area contributed by atoms with Crippen molar-refractivity contribution in [3.8, 4) is 0 Å². The Morgan fingerprint density at radius 2 is 2.19 bits per heavy atom. The third-order valence-electron chi connectivity index (χ3n) is 4.16. The van der Waals surface area contributed by atoms with Crippen LogP contribution in [0.3, 0.4) is 0 Å². The maximum atomic E-state index is 5.90. The number of hydrogen-bond donors (Lipinski definition) is 0. The first-order valence-electron chi connectivity index (χ1n) is 7.56. The van der Waals surface area contributed by atoms with Crippen LogP contribution in [0.25, 0.3) is 4.96 Å². The lowest BCUT2D eigenvalue weighted by atomic mass is 9.93. The van der Waals surface area contributed by atoms with Crippen LogP contribution in [-0.2, 0) is 10.2 Å². The summed E-state index contributed by atoms with van der Waals surface area (Å²) in [5.74, 6) is 0. The van der Waals surface area contributed by atoms with Crippen LogP contribution in [0.4, 0.5) is 5.13 Å². The second kappa shape index (κ2) is 4.95. The van der Waals surface area contributed by atoms with Gasteiger partial charge in [-0.1, -0.05) is 39.0 Å². The fraction of sp³-hybridized carbons (Fsp3) is 0.733. The first-order valence-corrected chi connectivity index (χ1v) is 8.38. The van der Waals surface area contributed by atoms with E-state index >= 15 is 0 Å². The van der Waals surface area contributed by atoms with E-state index in [-0.39, 0.29) is 11.0 Å². The predicted molar refractivity (Wildman–Crippen MR) is 86.4 cm³/mol. The van der Waals surface area contributed by atoms with Crippen LogP contribution in [-0.4, -0.2) is 39.9 Å². The highest BCUT2D eigenvalue weighted by atomic mass is 32.1. The summed E-state index contributed by atoms with van der Waals surface area (Å²) in [6, 6.07) is 0. The number of aromatic nitrogens is 3. The molecule has 1 aliphatic rings. The minimum atomic E-state index is -0.0669. The Morgan fingerprint density at radius 1 is 1.43 bits per heavy atom. The van der Waals surface area contributed by atoms with Gasteiger partial charge in [0.15, 0.2) is 0 Å². The summed E-state index contributed by atoms with van der Waals surface area (Å²) in [7, 11) is 0. The molecule has 1 fully saturated rings. The lowest BCUT2D eigenvalue weighted by Crippen LogP contribution is -2.49. The van der Waals surface area contributed by atoms with E-state index in [0.29, 0.717) is 0 Å². The molecule has 1 saturated heterocycles. The molecule has 6 heteroatoms. The molecule has 0 bridgehead atoms. The number of ether oxygens (including phenoxy) is 1. The molecule has 1 aliphatic heterocycles. The Balaban J connectivity index is 1.86.